The van der Waals surface area contributed by atoms with E-state index in [1.165, 1.54) is 31.3 Å². The van der Waals surface area contributed by atoms with Gasteiger partial charge in [-0.2, -0.15) is 0 Å². The summed E-state index contributed by atoms with van der Waals surface area (Å²) in [5.74, 6) is 0.0232. The molecule has 0 aliphatic heterocycles. The third-order valence-electron chi connectivity index (χ3n) is 2.86. The van der Waals surface area contributed by atoms with Crippen LogP contribution >= 0.6 is 0 Å². The summed E-state index contributed by atoms with van der Waals surface area (Å²) in [6, 6.07) is 7.12. The molecule has 0 saturated heterocycles. The van der Waals surface area contributed by atoms with E-state index in [0.29, 0.717) is 17.1 Å². The van der Waals surface area contributed by atoms with Crippen molar-refractivity contribution in [3.05, 3.63) is 41.7 Å². The zero-order valence-corrected chi connectivity index (χ0v) is 13.7. The van der Waals surface area contributed by atoms with Gasteiger partial charge in [-0.05, 0) is 44.2 Å². The topological polar surface area (TPSA) is 113 Å². The SMILES string of the molecule is CNC(=O)Nc1ccc(S(=O)(=O)Nc2nc(C)cc(C)n2)cc1. The molecule has 2 amide bonds. The summed E-state index contributed by atoms with van der Waals surface area (Å²) >= 11 is 0. The molecule has 122 valence electrons. The van der Waals surface area contributed by atoms with Gasteiger partial charge in [-0.1, -0.05) is 0 Å². The molecule has 9 heteroatoms. The van der Waals surface area contributed by atoms with Crippen molar-refractivity contribution in [1.29, 1.82) is 0 Å². The lowest BCUT2D eigenvalue weighted by molar-refractivity contribution is 0.254. The number of amides is 2. The minimum atomic E-state index is -3.80. The number of nitrogens with one attached hydrogen (secondary N) is 3. The Kier molecular flexibility index (Phi) is 4.80. The van der Waals surface area contributed by atoms with Crippen LogP contribution in [-0.2, 0) is 10.0 Å². The second kappa shape index (κ2) is 6.61. The fourth-order valence-electron chi connectivity index (χ4n) is 1.86. The number of rotatable bonds is 4. The molecule has 0 fully saturated rings. The van der Waals surface area contributed by atoms with E-state index >= 15 is 0 Å². The molecule has 23 heavy (non-hydrogen) atoms. The Morgan fingerprint density at radius 1 is 1.04 bits per heavy atom. The van der Waals surface area contributed by atoms with Gasteiger partial charge in [-0.15, -0.1) is 0 Å². The Bertz CT molecular complexity index is 799. The average Bonchev–Trinajstić information content (AvgIpc) is 2.46. The van der Waals surface area contributed by atoms with E-state index in [2.05, 4.69) is 25.3 Å². The van der Waals surface area contributed by atoms with Crippen LogP contribution in [0, 0.1) is 13.8 Å². The minimum absolute atomic E-state index is 0.0232. The van der Waals surface area contributed by atoms with Crippen molar-refractivity contribution in [2.24, 2.45) is 0 Å². The van der Waals surface area contributed by atoms with Crippen LogP contribution in [0.4, 0.5) is 16.4 Å². The maximum atomic E-state index is 12.3. The fraction of sp³-hybridized carbons (Fsp3) is 0.214. The van der Waals surface area contributed by atoms with Crippen molar-refractivity contribution >= 4 is 27.7 Å². The van der Waals surface area contributed by atoms with Crippen LogP contribution in [0.1, 0.15) is 11.4 Å². The van der Waals surface area contributed by atoms with Crippen molar-refractivity contribution in [3.8, 4) is 0 Å². The Morgan fingerprint density at radius 2 is 1.61 bits per heavy atom. The zero-order chi connectivity index (χ0) is 17.0. The van der Waals surface area contributed by atoms with Crippen LogP contribution in [0.3, 0.4) is 0 Å². The molecule has 1 heterocycles. The van der Waals surface area contributed by atoms with E-state index in [1.807, 2.05) is 0 Å². The number of aromatic nitrogens is 2. The molecular formula is C14H17N5O3S. The van der Waals surface area contributed by atoms with E-state index in [1.54, 1.807) is 19.9 Å². The number of anilines is 2. The van der Waals surface area contributed by atoms with E-state index in [-0.39, 0.29) is 16.9 Å². The van der Waals surface area contributed by atoms with Gasteiger partial charge in [0.25, 0.3) is 10.0 Å². The fourth-order valence-corrected chi connectivity index (χ4v) is 2.81. The smallest absolute Gasteiger partial charge is 0.318 e. The molecule has 3 N–H and O–H groups in total. The number of hydrogen-bond acceptors (Lipinski definition) is 5. The van der Waals surface area contributed by atoms with Crippen LogP contribution < -0.4 is 15.4 Å². The summed E-state index contributed by atoms with van der Waals surface area (Å²) in [7, 11) is -2.31. The summed E-state index contributed by atoms with van der Waals surface area (Å²) in [6.07, 6.45) is 0. The predicted octanol–water partition coefficient (Wildman–Crippen LogP) is 1.65. The summed E-state index contributed by atoms with van der Waals surface area (Å²) in [6.45, 7) is 3.51. The zero-order valence-electron chi connectivity index (χ0n) is 12.9. The molecule has 1 aromatic carbocycles. The lowest BCUT2D eigenvalue weighted by atomic mass is 10.3. The van der Waals surface area contributed by atoms with Crippen LogP contribution in [0.2, 0.25) is 0 Å². The molecule has 2 aromatic rings. The Balaban J connectivity index is 2.20. The summed E-state index contributed by atoms with van der Waals surface area (Å²) in [5, 5.41) is 4.95. The van der Waals surface area contributed by atoms with Gasteiger partial charge in [-0.25, -0.2) is 27.9 Å². The van der Waals surface area contributed by atoms with Crippen LogP contribution in [0.15, 0.2) is 35.2 Å². The van der Waals surface area contributed by atoms with Gasteiger partial charge in [0.05, 0.1) is 4.90 Å². The molecule has 8 nitrogen and oxygen atoms in total. The first-order chi connectivity index (χ1) is 10.8. The number of carbonyl (C=O) groups is 1. The molecule has 0 unspecified atom stereocenters. The lowest BCUT2D eigenvalue weighted by Gasteiger charge is -2.09. The van der Waals surface area contributed by atoms with Crippen molar-refractivity contribution in [3.63, 3.8) is 0 Å². The largest absolute Gasteiger partial charge is 0.341 e. The second-order valence-corrected chi connectivity index (χ2v) is 6.49. The van der Waals surface area contributed by atoms with E-state index < -0.39 is 10.0 Å². The number of benzene rings is 1. The molecular weight excluding hydrogens is 318 g/mol. The first kappa shape index (κ1) is 16.7. The summed E-state index contributed by atoms with van der Waals surface area (Å²) < 4.78 is 27.0. The highest BCUT2D eigenvalue weighted by Gasteiger charge is 2.16. The Morgan fingerprint density at radius 3 is 2.13 bits per heavy atom. The highest BCUT2D eigenvalue weighted by atomic mass is 32.2. The molecule has 0 spiro atoms. The van der Waals surface area contributed by atoms with Gasteiger partial charge >= 0.3 is 6.03 Å². The van der Waals surface area contributed by atoms with Gasteiger partial charge in [0.1, 0.15) is 0 Å². The Labute approximate surface area is 134 Å². The molecule has 0 bridgehead atoms. The van der Waals surface area contributed by atoms with Crippen molar-refractivity contribution in [2.75, 3.05) is 17.1 Å². The van der Waals surface area contributed by atoms with Gasteiger partial charge in [0, 0.05) is 24.1 Å². The molecule has 0 saturated carbocycles. The summed E-state index contributed by atoms with van der Waals surface area (Å²) in [5.41, 5.74) is 1.81. The number of carbonyl (C=O) groups excluding carboxylic acids is 1. The van der Waals surface area contributed by atoms with E-state index in [9.17, 15) is 13.2 Å². The first-order valence-electron chi connectivity index (χ1n) is 6.74. The van der Waals surface area contributed by atoms with Crippen LogP contribution in [-0.4, -0.2) is 31.5 Å². The maximum Gasteiger partial charge on any atom is 0.318 e. The Hall–Kier alpha value is -2.68. The standard InChI is InChI=1S/C14H17N5O3S/c1-9-8-10(2)17-13(16-9)19-23(21,22)12-6-4-11(5-7-12)18-14(20)15-3/h4-8H,1-3H3,(H2,15,18,20)(H,16,17,19). The molecule has 2 rings (SSSR count). The molecule has 0 aliphatic rings. The van der Waals surface area contributed by atoms with Gasteiger partial charge < -0.3 is 10.6 Å². The molecule has 0 aliphatic carbocycles. The van der Waals surface area contributed by atoms with Crippen LogP contribution in [0.5, 0.6) is 0 Å². The third kappa shape index (κ3) is 4.39. The normalized spacial score (nSPS) is 10.9. The molecule has 0 radical (unpaired) electrons. The summed E-state index contributed by atoms with van der Waals surface area (Å²) in [4.78, 5) is 19.3. The maximum absolute atomic E-state index is 12.3. The monoisotopic (exact) mass is 335 g/mol. The molecule has 1 aromatic heterocycles. The van der Waals surface area contributed by atoms with Gasteiger partial charge in [0.2, 0.25) is 5.95 Å². The van der Waals surface area contributed by atoms with Crippen molar-refractivity contribution < 1.29 is 13.2 Å². The number of sulfonamides is 1. The van der Waals surface area contributed by atoms with E-state index in [4.69, 9.17) is 0 Å². The van der Waals surface area contributed by atoms with Crippen molar-refractivity contribution in [1.82, 2.24) is 15.3 Å². The average molecular weight is 335 g/mol. The second-order valence-electron chi connectivity index (χ2n) is 4.81. The number of nitrogens with zero attached hydrogens (tertiary/aromatic N) is 2. The first-order valence-corrected chi connectivity index (χ1v) is 8.22. The minimum Gasteiger partial charge on any atom is -0.341 e. The van der Waals surface area contributed by atoms with Crippen LogP contribution in [0.25, 0.3) is 0 Å². The number of hydrogen-bond donors (Lipinski definition) is 3. The lowest BCUT2D eigenvalue weighted by Crippen LogP contribution is -2.24. The number of urea groups is 1. The molecule has 0 atom stereocenters. The predicted molar refractivity (Wildman–Crippen MR) is 86.8 cm³/mol. The van der Waals surface area contributed by atoms with E-state index in [0.717, 1.165) is 0 Å². The van der Waals surface area contributed by atoms with Gasteiger partial charge in [0.15, 0.2) is 0 Å². The van der Waals surface area contributed by atoms with Gasteiger partial charge in [-0.3, -0.25) is 0 Å². The quantitative estimate of drug-likeness (QED) is 0.786. The van der Waals surface area contributed by atoms with Crippen molar-refractivity contribution in [2.45, 2.75) is 18.7 Å². The highest BCUT2D eigenvalue weighted by Crippen LogP contribution is 2.17. The number of aryl methyl sites for hydroxylation is 2. The highest BCUT2D eigenvalue weighted by molar-refractivity contribution is 7.92. The third-order valence-corrected chi connectivity index (χ3v) is 4.20.